The fourth-order valence-corrected chi connectivity index (χ4v) is 2.01. The maximum absolute atomic E-state index is 12.2. The van der Waals surface area contributed by atoms with Gasteiger partial charge in [-0.25, -0.2) is 4.98 Å². The zero-order valence-corrected chi connectivity index (χ0v) is 13.3. The molecule has 0 fully saturated rings. The van der Waals surface area contributed by atoms with Crippen molar-refractivity contribution in [2.75, 3.05) is 37.8 Å². The minimum Gasteiger partial charge on any atom is -0.369 e. The van der Waals surface area contributed by atoms with Crippen LogP contribution in [0.2, 0.25) is 0 Å². The summed E-state index contributed by atoms with van der Waals surface area (Å²) in [6, 6.07) is 11.2. The topological polar surface area (TPSA) is 57.3 Å². The number of amides is 1. The molecule has 116 valence electrons. The van der Waals surface area contributed by atoms with Crippen molar-refractivity contribution in [3.05, 3.63) is 53.7 Å². The molecule has 0 aliphatic carbocycles. The first kappa shape index (κ1) is 16.0. The quantitative estimate of drug-likeness (QED) is 0.861. The Bertz CT molecular complexity index is 623. The predicted octanol–water partition coefficient (Wildman–Crippen LogP) is 2.62. The van der Waals surface area contributed by atoms with Gasteiger partial charge in [0.2, 0.25) is 0 Å². The molecule has 5 nitrogen and oxygen atoms in total. The standard InChI is InChI=1S/C17H22N4O/c1-13-6-4-5-7-15(13)17(22)20-14-8-9-16(19-12-14)18-10-11-21(2)3/h4-9,12H,10-11H2,1-3H3,(H,18,19)(H,20,22). The molecular formula is C17H22N4O. The molecule has 22 heavy (non-hydrogen) atoms. The highest BCUT2D eigenvalue weighted by molar-refractivity contribution is 6.05. The Hall–Kier alpha value is -2.40. The molecule has 1 amide bonds. The molecule has 0 saturated heterocycles. The van der Waals surface area contributed by atoms with Gasteiger partial charge in [0.15, 0.2) is 0 Å². The van der Waals surface area contributed by atoms with Crippen molar-refractivity contribution in [1.82, 2.24) is 9.88 Å². The van der Waals surface area contributed by atoms with Crippen LogP contribution in [-0.4, -0.2) is 43.0 Å². The number of pyridine rings is 1. The van der Waals surface area contributed by atoms with Crippen LogP contribution in [0.4, 0.5) is 11.5 Å². The molecule has 0 atom stereocenters. The normalized spacial score (nSPS) is 10.5. The zero-order chi connectivity index (χ0) is 15.9. The smallest absolute Gasteiger partial charge is 0.255 e. The molecule has 2 rings (SSSR count). The van der Waals surface area contributed by atoms with Gasteiger partial charge >= 0.3 is 0 Å². The van der Waals surface area contributed by atoms with E-state index >= 15 is 0 Å². The van der Waals surface area contributed by atoms with Crippen molar-refractivity contribution < 1.29 is 4.79 Å². The summed E-state index contributed by atoms with van der Waals surface area (Å²) in [5.74, 6) is 0.684. The molecule has 1 aromatic carbocycles. The van der Waals surface area contributed by atoms with Crippen molar-refractivity contribution in [1.29, 1.82) is 0 Å². The second kappa shape index (κ2) is 7.56. The molecule has 0 spiro atoms. The maximum Gasteiger partial charge on any atom is 0.255 e. The van der Waals surface area contributed by atoms with Crippen molar-refractivity contribution in [3.8, 4) is 0 Å². The summed E-state index contributed by atoms with van der Waals surface area (Å²) < 4.78 is 0. The minimum atomic E-state index is -0.117. The van der Waals surface area contributed by atoms with Gasteiger partial charge in [-0.2, -0.15) is 0 Å². The Kier molecular flexibility index (Phi) is 5.49. The third-order valence-corrected chi connectivity index (χ3v) is 3.28. The molecule has 2 aromatic rings. The number of nitrogens with zero attached hydrogens (tertiary/aromatic N) is 2. The van der Waals surface area contributed by atoms with E-state index in [1.807, 2.05) is 57.4 Å². The summed E-state index contributed by atoms with van der Waals surface area (Å²) in [7, 11) is 4.05. The summed E-state index contributed by atoms with van der Waals surface area (Å²) >= 11 is 0. The lowest BCUT2D eigenvalue weighted by Gasteiger charge is -2.11. The Morgan fingerprint density at radius 3 is 2.59 bits per heavy atom. The minimum absolute atomic E-state index is 0.117. The van der Waals surface area contributed by atoms with Crippen LogP contribution in [0.5, 0.6) is 0 Å². The van der Waals surface area contributed by atoms with E-state index in [0.717, 1.165) is 24.5 Å². The van der Waals surface area contributed by atoms with E-state index in [2.05, 4.69) is 20.5 Å². The number of nitrogens with one attached hydrogen (secondary N) is 2. The highest BCUT2D eigenvalue weighted by atomic mass is 16.1. The second-order valence-electron chi connectivity index (χ2n) is 5.43. The summed E-state index contributed by atoms with van der Waals surface area (Å²) in [5.41, 5.74) is 2.32. The molecule has 0 bridgehead atoms. The van der Waals surface area contributed by atoms with Gasteiger partial charge in [0.1, 0.15) is 5.82 Å². The summed E-state index contributed by atoms with van der Waals surface area (Å²) in [6.45, 7) is 3.69. The van der Waals surface area contributed by atoms with Gasteiger partial charge in [0.25, 0.3) is 5.91 Å². The van der Waals surface area contributed by atoms with Crippen molar-refractivity contribution in [2.45, 2.75) is 6.92 Å². The van der Waals surface area contributed by atoms with Gasteiger partial charge in [-0.1, -0.05) is 18.2 Å². The van der Waals surface area contributed by atoms with Gasteiger partial charge in [-0.15, -0.1) is 0 Å². The van der Waals surface area contributed by atoms with Crippen molar-refractivity contribution >= 4 is 17.4 Å². The number of carbonyl (C=O) groups excluding carboxylic acids is 1. The SMILES string of the molecule is Cc1ccccc1C(=O)Nc1ccc(NCCN(C)C)nc1. The van der Waals surface area contributed by atoms with E-state index in [4.69, 9.17) is 0 Å². The van der Waals surface area contributed by atoms with E-state index in [1.165, 1.54) is 0 Å². The maximum atomic E-state index is 12.2. The fourth-order valence-electron chi connectivity index (χ4n) is 2.01. The average Bonchev–Trinajstić information content (AvgIpc) is 2.49. The van der Waals surface area contributed by atoms with Gasteiger partial charge < -0.3 is 15.5 Å². The first-order chi connectivity index (χ1) is 10.6. The molecule has 0 unspecified atom stereocenters. The molecule has 0 radical (unpaired) electrons. The van der Waals surface area contributed by atoms with Gasteiger partial charge in [0.05, 0.1) is 11.9 Å². The number of benzene rings is 1. The second-order valence-corrected chi connectivity index (χ2v) is 5.43. The Balaban J connectivity index is 1.94. The number of likely N-dealkylation sites (N-methyl/N-ethyl adjacent to an activating group) is 1. The monoisotopic (exact) mass is 298 g/mol. The molecular weight excluding hydrogens is 276 g/mol. The number of hydrogen-bond donors (Lipinski definition) is 2. The van der Waals surface area contributed by atoms with Crippen LogP contribution < -0.4 is 10.6 Å². The Morgan fingerprint density at radius 2 is 1.95 bits per heavy atom. The largest absolute Gasteiger partial charge is 0.369 e. The van der Waals surface area contributed by atoms with Crippen LogP contribution in [0.3, 0.4) is 0 Å². The van der Waals surface area contributed by atoms with Crippen LogP contribution in [0.15, 0.2) is 42.6 Å². The molecule has 0 aliphatic heterocycles. The highest BCUT2D eigenvalue weighted by Gasteiger charge is 2.08. The number of aryl methyl sites for hydroxylation is 1. The van der Waals surface area contributed by atoms with Crippen LogP contribution >= 0.6 is 0 Å². The predicted molar refractivity (Wildman–Crippen MR) is 90.4 cm³/mol. The lowest BCUT2D eigenvalue weighted by Crippen LogP contribution is -2.21. The summed E-state index contributed by atoms with van der Waals surface area (Å²) in [6.07, 6.45) is 1.66. The van der Waals surface area contributed by atoms with E-state index < -0.39 is 0 Å². The van der Waals surface area contributed by atoms with Crippen LogP contribution in [-0.2, 0) is 0 Å². The number of carbonyl (C=O) groups is 1. The van der Waals surface area contributed by atoms with Crippen LogP contribution in [0.25, 0.3) is 0 Å². The zero-order valence-electron chi connectivity index (χ0n) is 13.3. The molecule has 0 aliphatic rings. The van der Waals surface area contributed by atoms with E-state index in [9.17, 15) is 4.79 Å². The molecule has 1 heterocycles. The van der Waals surface area contributed by atoms with Crippen LogP contribution in [0.1, 0.15) is 15.9 Å². The van der Waals surface area contributed by atoms with Gasteiger partial charge in [-0.3, -0.25) is 4.79 Å². The Labute approximate surface area is 131 Å². The third-order valence-electron chi connectivity index (χ3n) is 3.28. The first-order valence-electron chi connectivity index (χ1n) is 7.28. The molecule has 0 saturated carbocycles. The number of anilines is 2. The van der Waals surface area contributed by atoms with Gasteiger partial charge in [-0.05, 0) is 44.8 Å². The lowest BCUT2D eigenvalue weighted by molar-refractivity contribution is 0.102. The average molecular weight is 298 g/mol. The highest BCUT2D eigenvalue weighted by Crippen LogP contribution is 2.13. The third kappa shape index (κ3) is 4.56. The van der Waals surface area contributed by atoms with E-state index in [-0.39, 0.29) is 5.91 Å². The van der Waals surface area contributed by atoms with E-state index in [1.54, 1.807) is 6.20 Å². The lowest BCUT2D eigenvalue weighted by atomic mass is 10.1. The van der Waals surface area contributed by atoms with Gasteiger partial charge in [0, 0.05) is 18.7 Å². The van der Waals surface area contributed by atoms with E-state index in [0.29, 0.717) is 11.3 Å². The van der Waals surface area contributed by atoms with Crippen LogP contribution in [0, 0.1) is 6.92 Å². The number of hydrogen-bond acceptors (Lipinski definition) is 4. The Morgan fingerprint density at radius 1 is 1.18 bits per heavy atom. The summed E-state index contributed by atoms with van der Waals surface area (Å²) in [5, 5.41) is 6.09. The molecule has 1 aromatic heterocycles. The fraction of sp³-hybridized carbons (Fsp3) is 0.294. The van der Waals surface area contributed by atoms with Crippen molar-refractivity contribution in [2.24, 2.45) is 0 Å². The summed E-state index contributed by atoms with van der Waals surface area (Å²) in [4.78, 5) is 18.6. The van der Waals surface area contributed by atoms with Crippen molar-refractivity contribution in [3.63, 3.8) is 0 Å². The molecule has 2 N–H and O–H groups in total. The first-order valence-corrected chi connectivity index (χ1v) is 7.28. The number of aromatic nitrogens is 1. The molecule has 5 heteroatoms. The number of rotatable bonds is 6.